The first-order chi connectivity index (χ1) is 15.0. The Morgan fingerprint density at radius 2 is 2.10 bits per heavy atom. The monoisotopic (exact) mass is 433 g/mol. The third kappa shape index (κ3) is 4.56. The van der Waals surface area contributed by atoms with Gasteiger partial charge in [0, 0.05) is 31.1 Å². The number of nitrogens with zero attached hydrogens (tertiary/aromatic N) is 7. The minimum absolute atomic E-state index is 0.0504. The number of hydrogen-bond acceptors (Lipinski definition) is 10. The molecule has 2 aromatic rings. The Labute approximate surface area is 178 Å². The molecule has 13 nitrogen and oxygen atoms in total. The van der Waals surface area contributed by atoms with Crippen LogP contribution in [-0.4, -0.2) is 81.5 Å². The maximum absolute atomic E-state index is 9.05. The molecule has 0 radical (unpaired) electrons. The summed E-state index contributed by atoms with van der Waals surface area (Å²) in [6.45, 7) is 5.81. The van der Waals surface area contributed by atoms with Crippen molar-refractivity contribution in [3.8, 4) is 0 Å². The summed E-state index contributed by atoms with van der Waals surface area (Å²) in [6.07, 6.45) is 2.51. The highest BCUT2D eigenvalue weighted by molar-refractivity contribution is 5.82. The van der Waals surface area contributed by atoms with Crippen LogP contribution in [0.5, 0.6) is 0 Å². The topological polar surface area (TPSA) is 164 Å². The first-order valence-electron chi connectivity index (χ1n) is 10.3. The molecular weight excluding hydrogens is 406 g/mol. The van der Waals surface area contributed by atoms with Gasteiger partial charge in [0.15, 0.2) is 29.0 Å². The van der Waals surface area contributed by atoms with E-state index < -0.39 is 12.0 Å². The molecule has 13 heteroatoms. The van der Waals surface area contributed by atoms with Crippen LogP contribution in [-0.2, 0) is 14.2 Å². The lowest BCUT2D eigenvalue weighted by Crippen LogP contribution is -2.38. The highest BCUT2D eigenvalue weighted by Gasteiger charge is 2.55. The standard InChI is InChI=1S/C18H27N9O4/c1-18(2)30-13-11(8-20-6-7-28)29-17(14(13)31-18)27-10-24-12-15(22-9-23-16(12)27)21-4-3-5-25-26-19/h9-11,13-14,17,20,28H,3-8H2,1-2H3,(H,21,22,23)/t11-,13-,14-,17-/m1/s1. The number of aromatic nitrogens is 4. The average molecular weight is 433 g/mol. The minimum atomic E-state index is -0.726. The zero-order valence-electron chi connectivity index (χ0n) is 17.5. The fraction of sp³-hybridized carbons (Fsp3) is 0.722. The highest BCUT2D eigenvalue weighted by atomic mass is 16.8. The molecule has 4 heterocycles. The van der Waals surface area contributed by atoms with Gasteiger partial charge in [-0.25, -0.2) is 15.0 Å². The molecule has 2 aromatic heterocycles. The summed E-state index contributed by atoms with van der Waals surface area (Å²) in [5, 5.41) is 19.0. The van der Waals surface area contributed by atoms with Crippen molar-refractivity contribution in [2.24, 2.45) is 5.11 Å². The van der Waals surface area contributed by atoms with E-state index in [1.165, 1.54) is 6.33 Å². The van der Waals surface area contributed by atoms with Crippen LogP contribution in [0.3, 0.4) is 0 Å². The lowest BCUT2D eigenvalue weighted by molar-refractivity contribution is -0.195. The van der Waals surface area contributed by atoms with Gasteiger partial charge in [-0.2, -0.15) is 0 Å². The highest BCUT2D eigenvalue weighted by Crippen LogP contribution is 2.43. The van der Waals surface area contributed by atoms with E-state index in [0.29, 0.717) is 49.6 Å². The Hall–Kier alpha value is -2.54. The third-order valence-corrected chi connectivity index (χ3v) is 5.18. The van der Waals surface area contributed by atoms with Crippen molar-refractivity contribution in [2.75, 3.05) is 38.1 Å². The molecule has 4 rings (SSSR count). The number of anilines is 1. The van der Waals surface area contributed by atoms with Crippen LogP contribution < -0.4 is 10.6 Å². The number of aliphatic hydroxyl groups excluding tert-OH is 1. The molecule has 0 unspecified atom stereocenters. The molecule has 0 saturated carbocycles. The van der Waals surface area contributed by atoms with E-state index in [-0.39, 0.29) is 24.9 Å². The third-order valence-electron chi connectivity index (χ3n) is 5.18. The Balaban J connectivity index is 1.54. The number of azide groups is 1. The van der Waals surface area contributed by atoms with Crippen molar-refractivity contribution >= 4 is 17.0 Å². The number of ether oxygens (including phenoxy) is 3. The van der Waals surface area contributed by atoms with Crippen molar-refractivity contribution in [3.63, 3.8) is 0 Å². The molecule has 2 aliphatic heterocycles. The second-order valence-corrected chi connectivity index (χ2v) is 7.84. The van der Waals surface area contributed by atoms with Gasteiger partial charge in [-0.05, 0) is 25.8 Å². The predicted molar refractivity (Wildman–Crippen MR) is 110 cm³/mol. The second-order valence-electron chi connectivity index (χ2n) is 7.84. The molecule has 4 atom stereocenters. The molecule has 2 fully saturated rings. The summed E-state index contributed by atoms with van der Waals surface area (Å²) in [5.74, 6) is -0.124. The molecule has 0 aliphatic carbocycles. The van der Waals surface area contributed by atoms with E-state index in [1.807, 2.05) is 18.4 Å². The molecule has 0 bridgehead atoms. The molecule has 2 aliphatic rings. The van der Waals surface area contributed by atoms with Crippen LogP contribution >= 0.6 is 0 Å². The first kappa shape index (κ1) is 21.7. The smallest absolute Gasteiger partial charge is 0.167 e. The van der Waals surface area contributed by atoms with Crippen molar-refractivity contribution in [2.45, 2.75) is 50.6 Å². The molecule has 168 valence electrons. The van der Waals surface area contributed by atoms with Crippen molar-refractivity contribution in [1.29, 1.82) is 0 Å². The van der Waals surface area contributed by atoms with Crippen molar-refractivity contribution in [1.82, 2.24) is 24.8 Å². The maximum atomic E-state index is 9.05. The second kappa shape index (κ2) is 9.30. The number of rotatable bonds is 10. The first-order valence-corrected chi connectivity index (χ1v) is 10.3. The fourth-order valence-electron chi connectivity index (χ4n) is 3.94. The summed E-state index contributed by atoms with van der Waals surface area (Å²) in [7, 11) is 0. The minimum Gasteiger partial charge on any atom is -0.395 e. The SMILES string of the molecule is CC1(C)O[C@@H]2[C@H](O1)[C@@H](CNCCO)O[C@H]2n1cnc2c(NCCCN=[N+]=[N-])ncnc21. The maximum Gasteiger partial charge on any atom is 0.167 e. The van der Waals surface area contributed by atoms with Gasteiger partial charge in [0.05, 0.1) is 12.9 Å². The van der Waals surface area contributed by atoms with Gasteiger partial charge in [-0.15, -0.1) is 0 Å². The summed E-state index contributed by atoms with van der Waals surface area (Å²) in [4.78, 5) is 15.9. The molecule has 3 N–H and O–H groups in total. The molecule has 2 saturated heterocycles. The van der Waals surface area contributed by atoms with E-state index in [4.69, 9.17) is 24.8 Å². The Kier molecular flexibility index (Phi) is 6.51. The van der Waals surface area contributed by atoms with Gasteiger partial charge in [-0.1, -0.05) is 5.11 Å². The summed E-state index contributed by atoms with van der Waals surface area (Å²) >= 11 is 0. The Bertz CT molecular complexity index is 945. The van der Waals surface area contributed by atoms with Gasteiger partial charge < -0.3 is 30.0 Å². The van der Waals surface area contributed by atoms with E-state index in [2.05, 4.69) is 35.6 Å². The van der Waals surface area contributed by atoms with Gasteiger partial charge in [0.2, 0.25) is 0 Å². The van der Waals surface area contributed by atoms with Crippen LogP contribution in [0, 0.1) is 0 Å². The fourth-order valence-corrected chi connectivity index (χ4v) is 3.94. The van der Waals surface area contributed by atoms with Crippen LogP contribution in [0.4, 0.5) is 5.82 Å². The quantitative estimate of drug-likeness (QED) is 0.214. The summed E-state index contributed by atoms with van der Waals surface area (Å²) in [6, 6.07) is 0. The number of nitrogens with one attached hydrogen (secondary N) is 2. The van der Waals surface area contributed by atoms with E-state index in [9.17, 15) is 0 Å². The number of fused-ring (bicyclic) bond motifs is 2. The number of aliphatic hydroxyl groups is 1. The predicted octanol–water partition coefficient (Wildman–Crippen LogP) is 0.938. The molecule has 31 heavy (non-hydrogen) atoms. The molecule has 0 amide bonds. The number of hydrogen-bond donors (Lipinski definition) is 3. The zero-order valence-corrected chi connectivity index (χ0v) is 17.5. The van der Waals surface area contributed by atoms with Gasteiger partial charge >= 0.3 is 0 Å². The Morgan fingerprint density at radius 3 is 2.90 bits per heavy atom. The van der Waals surface area contributed by atoms with Crippen molar-refractivity contribution < 1.29 is 19.3 Å². The molecule has 0 spiro atoms. The van der Waals surface area contributed by atoms with E-state index in [1.54, 1.807) is 6.33 Å². The van der Waals surface area contributed by atoms with E-state index in [0.717, 1.165) is 0 Å². The normalized spacial score (nSPS) is 26.7. The van der Waals surface area contributed by atoms with E-state index >= 15 is 0 Å². The van der Waals surface area contributed by atoms with Gasteiger partial charge in [0.25, 0.3) is 0 Å². The van der Waals surface area contributed by atoms with Crippen molar-refractivity contribution in [3.05, 3.63) is 23.1 Å². The van der Waals surface area contributed by atoms with Crippen LogP contribution in [0.15, 0.2) is 17.8 Å². The zero-order chi connectivity index (χ0) is 21.8. The van der Waals surface area contributed by atoms with Gasteiger partial charge in [0.1, 0.15) is 24.6 Å². The van der Waals surface area contributed by atoms with Crippen LogP contribution in [0.25, 0.3) is 21.6 Å². The summed E-state index contributed by atoms with van der Waals surface area (Å²) in [5.41, 5.74) is 9.60. The largest absolute Gasteiger partial charge is 0.395 e. The lowest BCUT2D eigenvalue weighted by Gasteiger charge is -2.25. The number of imidazole rings is 1. The average Bonchev–Trinajstić information content (AvgIpc) is 3.40. The molecule has 0 aromatic carbocycles. The van der Waals surface area contributed by atoms with Crippen LogP contribution in [0.1, 0.15) is 26.5 Å². The lowest BCUT2D eigenvalue weighted by atomic mass is 10.1. The molecular formula is C18H27N9O4. The van der Waals surface area contributed by atoms with Gasteiger partial charge in [-0.3, -0.25) is 4.57 Å². The Morgan fingerprint density at radius 1 is 1.26 bits per heavy atom. The summed E-state index contributed by atoms with van der Waals surface area (Å²) < 4.78 is 20.4. The van der Waals surface area contributed by atoms with Crippen LogP contribution in [0.2, 0.25) is 0 Å².